The van der Waals surface area contributed by atoms with Crippen LogP contribution in [0.2, 0.25) is 0 Å². The number of nitro groups is 1. The molecule has 1 fully saturated rings. The van der Waals surface area contributed by atoms with Gasteiger partial charge < -0.3 is 15.3 Å². The van der Waals surface area contributed by atoms with Crippen LogP contribution in [0.3, 0.4) is 0 Å². The maximum absolute atomic E-state index is 12.3. The zero-order valence-electron chi connectivity index (χ0n) is 12.7. The van der Waals surface area contributed by atoms with Crippen molar-refractivity contribution in [2.45, 2.75) is 31.2 Å². The molecule has 0 radical (unpaired) electrons. The van der Waals surface area contributed by atoms with Crippen LogP contribution in [0.1, 0.15) is 12.8 Å². The second-order valence-corrected chi connectivity index (χ2v) is 5.44. The van der Waals surface area contributed by atoms with E-state index in [4.69, 9.17) is 0 Å². The van der Waals surface area contributed by atoms with E-state index in [1.54, 1.807) is 10.2 Å². The van der Waals surface area contributed by atoms with Gasteiger partial charge in [0.1, 0.15) is 6.20 Å². The van der Waals surface area contributed by atoms with Gasteiger partial charge in [-0.15, -0.1) is 0 Å². The predicted molar refractivity (Wildman–Crippen MR) is 75.3 cm³/mol. The lowest BCUT2D eigenvalue weighted by Gasteiger charge is -2.22. The number of aliphatic hydroxyl groups is 1. The second-order valence-electron chi connectivity index (χ2n) is 5.44. The molecule has 9 nitrogen and oxygen atoms in total. The highest BCUT2D eigenvalue weighted by atomic mass is 19.4. The molecule has 0 saturated carbocycles. The largest absolute Gasteiger partial charge is 0.471 e. The van der Waals surface area contributed by atoms with Crippen molar-refractivity contribution in [3.8, 4) is 0 Å². The van der Waals surface area contributed by atoms with E-state index < -0.39 is 29.2 Å². The standard InChI is InChI=1S/C12H16F3N5O4/c1-18-10(8(6-16-18)20(23)24)19-4-2-7(9(21)3-5-19)17-11(22)12(13,14)15/h6-7,9,21H,2-5H2,1H3,(H,17,22). The van der Waals surface area contributed by atoms with Gasteiger partial charge in [0.2, 0.25) is 5.82 Å². The van der Waals surface area contributed by atoms with Crippen molar-refractivity contribution in [3.63, 3.8) is 0 Å². The van der Waals surface area contributed by atoms with Crippen LogP contribution >= 0.6 is 0 Å². The number of alkyl halides is 3. The van der Waals surface area contributed by atoms with Crippen LogP contribution in [0.25, 0.3) is 0 Å². The second kappa shape index (κ2) is 6.63. The van der Waals surface area contributed by atoms with Gasteiger partial charge in [-0.1, -0.05) is 0 Å². The first-order valence-corrected chi connectivity index (χ1v) is 7.08. The molecule has 2 atom stereocenters. The van der Waals surface area contributed by atoms with Crippen LogP contribution in [0, 0.1) is 10.1 Å². The van der Waals surface area contributed by atoms with E-state index in [9.17, 15) is 33.2 Å². The smallest absolute Gasteiger partial charge is 0.391 e. The molecule has 12 heteroatoms. The van der Waals surface area contributed by atoms with Gasteiger partial charge in [0, 0.05) is 20.1 Å². The molecular weight excluding hydrogens is 335 g/mol. The third-order valence-corrected chi connectivity index (χ3v) is 3.83. The van der Waals surface area contributed by atoms with Gasteiger partial charge in [-0.2, -0.15) is 18.3 Å². The van der Waals surface area contributed by atoms with Crippen molar-refractivity contribution in [2.75, 3.05) is 18.0 Å². The summed E-state index contributed by atoms with van der Waals surface area (Å²) in [6, 6.07) is -1.09. The lowest BCUT2D eigenvalue weighted by atomic mass is 10.1. The highest BCUT2D eigenvalue weighted by molar-refractivity contribution is 5.82. The summed E-state index contributed by atoms with van der Waals surface area (Å²) in [5.74, 6) is -1.92. The van der Waals surface area contributed by atoms with Crippen LogP contribution in [0.4, 0.5) is 24.7 Å². The average molecular weight is 351 g/mol. The van der Waals surface area contributed by atoms with E-state index in [1.165, 1.54) is 11.7 Å². The normalized spacial score (nSPS) is 22.1. The SMILES string of the molecule is Cn1ncc([N+](=O)[O-])c1N1CCC(O)C(NC(=O)C(F)(F)F)CC1. The molecule has 0 aromatic carbocycles. The van der Waals surface area contributed by atoms with E-state index in [-0.39, 0.29) is 37.4 Å². The Morgan fingerprint density at radius 1 is 1.46 bits per heavy atom. The molecule has 1 amide bonds. The van der Waals surface area contributed by atoms with Crippen molar-refractivity contribution in [2.24, 2.45) is 7.05 Å². The molecule has 1 aromatic rings. The first kappa shape index (κ1) is 18.0. The predicted octanol–water partition coefficient (Wildman–Crippen LogP) is 0.336. The van der Waals surface area contributed by atoms with Crippen molar-refractivity contribution in [1.82, 2.24) is 15.1 Å². The molecule has 2 unspecified atom stereocenters. The van der Waals surface area contributed by atoms with Crippen LogP contribution in [-0.4, -0.2) is 57.1 Å². The lowest BCUT2D eigenvalue weighted by Crippen LogP contribution is -2.48. The van der Waals surface area contributed by atoms with Gasteiger partial charge in [0.25, 0.3) is 0 Å². The number of hydrogen-bond acceptors (Lipinski definition) is 6. The van der Waals surface area contributed by atoms with E-state index in [1.807, 2.05) is 0 Å². The summed E-state index contributed by atoms with van der Waals surface area (Å²) in [7, 11) is 1.51. The number of aryl methyl sites for hydroxylation is 1. The minimum atomic E-state index is -5.04. The Morgan fingerprint density at radius 3 is 2.67 bits per heavy atom. The molecule has 2 N–H and O–H groups in total. The Kier molecular flexibility index (Phi) is 4.96. The molecule has 134 valence electrons. The molecule has 0 aliphatic carbocycles. The minimum absolute atomic E-state index is 0.00528. The molecule has 2 heterocycles. The van der Waals surface area contributed by atoms with Crippen molar-refractivity contribution in [3.05, 3.63) is 16.3 Å². The molecule has 1 aliphatic rings. The number of nitrogens with zero attached hydrogens (tertiary/aromatic N) is 4. The highest BCUT2D eigenvalue weighted by Gasteiger charge is 2.41. The van der Waals surface area contributed by atoms with Gasteiger partial charge in [-0.05, 0) is 12.8 Å². The Labute approximate surface area is 134 Å². The number of aromatic nitrogens is 2. The number of carbonyl (C=O) groups is 1. The summed E-state index contributed by atoms with van der Waals surface area (Å²) in [5.41, 5.74) is -0.232. The summed E-state index contributed by atoms with van der Waals surface area (Å²) in [5, 5.41) is 26.6. The molecule has 1 saturated heterocycles. The van der Waals surface area contributed by atoms with Crippen LogP contribution in [-0.2, 0) is 11.8 Å². The monoisotopic (exact) mass is 351 g/mol. The number of rotatable bonds is 3. The van der Waals surface area contributed by atoms with Gasteiger partial charge in [-0.3, -0.25) is 14.9 Å². The zero-order valence-corrected chi connectivity index (χ0v) is 12.7. The first-order valence-electron chi connectivity index (χ1n) is 7.08. The average Bonchev–Trinajstić information content (AvgIpc) is 2.77. The summed E-state index contributed by atoms with van der Waals surface area (Å²) < 4.78 is 38.3. The maximum Gasteiger partial charge on any atom is 0.471 e. The van der Waals surface area contributed by atoms with Gasteiger partial charge in [0.05, 0.1) is 17.1 Å². The number of hydrogen-bond donors (Lipinski definition) is 2. The zero-order chi connectivity index (χ0) is 18.1. The third-order valence-electron chi connectivity index (χ3n) is 3.83. The van der Waals surface area contributed by atoms with Crippen LogP contribution in [0.15, 0.2) is 6.20 Å². The van der Waals surface area contributed by atoms with Gasteiger partial charge in [0.15, 0.2) is 0 Å². The molecule has 1 aromatic heterocycles. The van der Waals surface area contributed by atoms with Crippen molar-refractivity contribution < 1.29 is 28.0 Å². The number of carbonyl (C=O) groups excluding carboxylic acids is 1. The molecule has 2 rings (SSSR count). The lowest BCUT2D eigenvalue weighted by molar-refractivity contribution is -0.384. The Morgan fingerprint density at radius 2 is 2.08 bits per heavy atom. The van der Waals surface area contributed by atoms with E-state index in [0.717, 1.165) is 6.20 Å². The fraction of sp³-hybridized carbons (Fsp3) is 0.667. The fourth-order valence-electron chi connectivity index (χ4n) is 2.63. The molecular formula is C12H16F3N5O4. The number of amides is 1. The van der Waals surface area contributed by atoms with Crippen LogP contribution in [0.5, 0.6) is 0 Å². The number of halogens is 3. The van der Waals surface area contributed by atoms with E-state index in [2.05, 4.69) is 5.10 Å². The topological polar surface area (TPSA) is 114 Å². The fourth-order valence-corrected chi connectivity index (χ4v) is 2.63. The molecule has 0 bridgehead atoms. The van der Waals surface area contributed by atoms with E-state index in [0.29, 0.717) is 0 Å². The molecule has 0 spiro atoms. The summed E-state index contributed by atoms with van der Waals surface area (Å²) in [6.45, 7) is 0.306. The number of aliphatic hydroxyl groups excluding tert-OH is 1. The molecule has 24 heavy (non-hydrogen) atoms. The van der Waals surface area contributed by atoms with Crippen LogP contribution < -0.4 is 10.2 Å². The van der Waals surface area contributed by atoms with Gasteiger partial charge in [-0.25, -0.2) is 4.68 Å². The maximum atomic E-state index is 12.3. The summed E-state index contributed by atoms with van der Waals surface area (Å²) >= 11 is 0. The van der Waals surface area contributed by atoms with Gasteiger partial charge >= 0.3 is 17.8 Å². The number of anilines is 1. The number of nitrogens with one attached hydrogen (secondary N) is 1. The Bertz CT molecular complexity index is 633. The third kappa shape index (κ3) is 3.75. The minimum Gasteiger partial charge on any atom is -0.391 e. The summed E-state index contributed by atoms with van der Waals surface area (Å²) in [6.07, 6.45) is -5.09. The first-order chi connectivity index (χ1) is 11.1. The quantitative estimate of drug-likeness (QED) is 0.600. The Hall–Kier alpha value is -2.37. The summed E-state index contributed by atoms with van der Waals surface area (Å²) in [4.78, 5) is 23.0. The van der Waals surface area contributed by atoms with Crippen molar-refractivity contribution >= 4 is 17.4 Å². The van der Waals surface area contributed by atoms with Crippen molar-refractivity contribution in [1.29, 1.82) is 0 Å². The highest BCUT2D eigenvalue weighted by Crippen LogP contribution is 2.29. The van der Waals surface area contributed by atoms with E-state index >= 15 is 0 Å². The molecule has 1 aliphatic heterocycles. The Balaban J connectivity index is 2.13.